The first-order valence-electron chi connectivity index (χ1n) is 7.18. The summed E-state index contributed by atoms with van der Waals surface area (Å²) in [6.45, 7) is 1.95. The average Bonchev–Trinajstić information content (AvgIpc) is 3.31. The molecule has 0 unspecified atom stereocenters. The van der Waals surface area contributed by atoms with Gasteiger partial charge in [0.2, 0.25) is 0 Å². The quantitative estimate of drug-likeness (QED) is 0.917. The monoisotopic (exact) mass is 329 g/mol. The van der Waals surface area contributed by atoms with Crippen LogP contribution in [0.25, 0.3) is 11.4 Å². The van der Waals surface area contributed by atoms with Crippen molar-refractivity contribution in [3.05, 3.63) is 45.7 Å². The van der Waals surface area contributed by atoms with Crippen LogP contribution in [0.3, 0.4) is 0 Å². The lowest BCUT2D eigenvalue weighted by atomic mass is 10.0. The van der Waals surface area contributed by atoms with E-state index < -0.39 is 0 Å². The molecule has 1 saturated carbocycles. The second-order valence-electron chi connectivity index (χ2n) is 5.54. The molecule has 0 saturated heterocycles. The maximum absolute atomic E-state index is 4.90. The second kappa shape index (κ2) is 4.93. The molecule has 3 nitrogen and oxygen atoms in total. The van der Waals surface area contributed by atoms with Crippen LogP contribution >= 0.6 is 15.9 Å². The minimum atomic E-state index is 0.660. The summed E-state index contributed by atoms with van der Waals surface area (Å²) in [6, 6.07) is 8.21. The van der Waals surface area contributed by atoms with Gasteiger partial charge in [-0.3, -0.25) is 0 Å². The molecule has 1 N–H and O–H groups in total. The fourth-order valence-electron chi connectivity index (χ4n) is 2.83. The Morgan fingerprint density at radius 1 is 1.15 bits per heavy atom. The van der Waals surface area contributed by atoms with Gasteiger partial charge >= 0.3 is 0 Å². The zero-order chi connectivity index (χ0) is 13.5. The molecule has 1 aromatic carbocycles. The van der Waals surface area contributed by atoms with Crippen molar-refractivity contribution in [1.82, 2.24) is 15.3 Å². The molecule has 2 aromatic rings. The van der Waals surface area contributed by atoms with Gasteiger partial charge in [0.15, 0.2) is 5.82 Å². The Morgan fingerprint density at radius 2 is 2.00 bits per heavy atom. The highest BCUT2D eigenvalue weighted by Crippen LogP contribution is 2.42. The Balaban J connectivity index is 1.88. The molecular formula is C16H16BrN3. The van der Waals surface area contributed by atoms with E-state index >= 15 is 0 Å². The molecule has 0 radical (unpaired) electrons. The molecule has 0 atom stereocenters. The summed E-state index contributed by atoms with van der Waals surface area (Å²) in [7, 11) is 0. The van der Waals surface area contributed by atoms with E-state index in [1.807, 2.05) is 12.1 Å². The molecule has 1 aromatic heterocycles. The summed E-state index contributed by atoms with van der Waals surface area (Å²) in [5.74, 6) is 1.54. The number of fused-ring (bicyclic) bond motifs is 1. The van der Waals surface area contributed by atoms with Crippen molar-refractivity contribution in [2.45, 2.75) is 31.7 Å². The predicted molar refractivity (Wildman–Crippen MR) is 82.6 cm³/mol. The van der Waals surface area contributed by atoms with E-state index in [-0.39, 0.29) is 0 Å². The van der Waals surface area contributed by atoms with Crippen molar-refractivity contribution >= 4 is 15.9 Å². The summed E-state index contributed by atoms with van der Waals surface area (Å²) in [6.07, 6.45) is 3.56. The highest BCUT2D eigenvalue weighted by atomic mass is 79.9. The summed E-state index contributed by atoms with van der Waals surface area (Å²) >= 11 is 3.61. The molecule has 4 heteroatoms. The van der Waals surface area contributed by atoms with Gasteiger partial charge in [-0.1, -0.05) is 34.1 Å². The average molecular weight is 330 g/mol. The van der Waals surface area contributed by atoms with Gasteiger partial charge in [-0.25, -0.2) is 9.97 Å². The highest BCUT2D eigenvalue weighted by molar-refractivity contribution is 9.10. The lowest BCUT2D eigenvalue weighted by Gasteiger charge is -2.20. The summed E-state index contributed by atoms with van der Waals surface area (Å²) in [5.41, 5.74) is 4.98. The fourth-order valence-corrected chi connectivity index (χ4v) is 3.29. The number of hydrogen-bond donors (Lipinski definition) is 1. The maximum Gasteiger partial charge on any atom is 0.160 e. The van der Waals surface area contributed by atoms with Gasteiger partial charge in [-0.2, -0.15) is 0 Å². The molecule has 1 aliphatic heterocycles. The molecule has 0 amide bonds. The Kier molecular flexibility index (Phi) is 3.08. The third-order valence-electron chi connectivity index (χ3n) is 4.04. The topological polar surface area (TPSA) is 37.8 Å². The van der Waals surface area contributed by atoms with Crippen LogP contribution in [0, 0.1) is 0 Å². The Hall–Kier alpha value is -1.26. The minimum absolute atomic E-state index is 0.660. The SMILES string of the molecule is Brc1ccccc1-c1nc2c(c(C3CC3)n1)CNCC2. The fraction of sp³-hybridized carbons (Fsp3) is 0.375. The number of halogens is 1. The smallest absolute Gasteiger partial charge is 0.160 e. The van der Waals surface area contributed by atoms with Gasteiger partial charge in [0.25, 0.3) is 0 Å². The van der Waals surface area contributed by atoms with Gasteiger partial charge in [-0.05, 0) is 18.9 Å². The molecule has 0 bridgehead atoms. The van der Waals surface area contributed by atoms with Crippen LogP contribution in [0.5, 0.6) is 0 Å². The van der Waals surface area contributed by atoms with Crippen LogP contribution in [-0.2, 0) is 13.0 Å². The van der Waals surface area contributed by atoms with Crippen molar-refractivity contribution in [2.75, 3.05) is 6.54 Å². The van der Waals surface area contributed by atoms with Gasteiger partial charge in [0.1, 0.15) is 0 Å². The highest BCUT2D eigenvalue weighted by Gasteiger charge is 2.31. The zero-order valence-corrected chi connectivity index (χ0v) is 12.8. The number of hydrogen-bond acceptors (Lipinski definition) is 3. The number of benzene rings is 1. The lowest BCUT2D eigenvalue weighted by Crippen LogP contribution is -2.26. The van der Waals surface area contributed by atoms with Crippen molar-refractivity contribution in [2.24, 2.45) is 0 Å². The van der Waals surface area contributed by atoms with Crippen molar-refractivity contribution < 1.29 is 0 Å². The minimum Gasteiger partial charge on any atom is -0.312 e. The normalized spacial score (nSPS) is 17.9. The summed E-state index contributed by atoms with van der Waals surface area (Å²) in [5, 5.41) is 3.45. The molecule has 102 valence electrons. The molecule has 1 aliphatic carbocycles. The van der Waals surface area contributed by atoms with Gasteiger partial charge < -0.3 is 5.32 Å². The van der Waals surface area contributed by atoms with E-state index in [1.165, 1.54) is 29.8 Å². The van der Waals surface area contributed by atoms with Crippen LogP contribution in [0.2, 0.25) is 0 Å². The third kappa shape index (κ3) is 2.17. The number of rotatable bonds is 2. The molecular weight excluding hydrogens is 314 g/mol. The predicted octanol–water partition coefficient (Wildman–Crippen LogP) is 3.43. The standard InChI is InChI=1S/C16H16BrN3/c17-13-4-2-1-3-11(13)16-19-14-7-8-18-9-12(14)15(20-16)10-5-6-10/h1-4,10,18H,5-9H2. The molecule has 2 heterocycles. The third-order valence-corrected chi connectivity index (χ3v) is 4.74. The van der Waals surface area contributed by atoms with Gasteiger partial charge in [0, 0.05) is 41.0 Å². The van der Waals surface area contributed by atoms with E-state index in [2.05, 4.69) is 33.4 Å². The molecule has 4 rings (SSSR count). The Bertz CT molecular complexity index is 665. The first-order chi connectivity index (χ1) is 9.83. The molecule has 1 fully saturated rings. The first kappa shape index (κ1) is 12.5. The van der Waals surface area contributed by atoms with E-state index in [9.17, 15) is 0 Å². The van der Waals surface area contributed by atoms with Crippen LogP contribution in [0.15, 0.2) is 28.7 Å². The van der Waals surface area contributed by atoms with E-state index in [0.29, 0.717) is 5.92 Å². The Labute approximate surface area is 127 Å². The second-order valence-corrected chi connectivity index (χ2v) is 6.39. The van der Waals surface area contributed by atoms with E-state index in [0.717, 1.165) is 35.4 Å². The number of nitrogens with zero attached hydrogens (tertiary/aromatic N) is 2. The largest absolute Gasteiger partial charge is 0.312 e. The Morgan fingerprint density at radius 3 is 2.80 bits per heavy atom. The van der Waals surface area contributed by atoms with Crippen molar-refractivity contribution in [1.29, 1.82) is 0 Å². The summed E-state index contributed by atoms with van der Waals surface area (Å²) in [4.78, 5) is 9.73. The first-order valence-corrected chi connectivity index (χ1v) is 7.97. The molecule has 2 aliphatic rings. The number of nitrogens with one attached hydrogen (secondary N) is 1. The van der Waals surface area contributed by atoms with Crippen LogP contribution in [0.4, 0.5) is 0 Å². The summed E-state index contributed by atoms with van der Waals surface area (Å²) < 4.78 is 1.07. The van der Waals surface area contributed by atoms with Crippen molar-refractivity contribution in [3.8, 4) is 11.4 Å². The lowest BCUT2D eigenvalue weighted by molar-refractivity contribution is 0.617. The van der Waals surface area contributed by atoms with Crippen LogP contribution in [0.1, 0.15) is 35.7 Å². The maximum atomic E-state index is 4.90. The molecule has 0 spiro atoms. The number of aromatic nitrogens is 2. The van der Waals surface area contributed by atoms with E-state index in [1.54, 1.807) is 0 Å². The van der Waals surface area contributed by atoms with E-state index in [4.69, 9.17) is 9.97 Å². The van der Waals surface area contributed by atoms with Crippen LogP contribution < -0.4 is 5.32 Å². The molecule has 20 heavy (non-hydrogen) atoms. The zero-order valence-electron chi connectivity index (χ0n) is 11.2. The van der Waals surface area contributed by atoms with Gasteiger partial charge in [-0.15, -0.1) is 0 Å². The van der Waals surface area contributed by atoms with Gasteiger partial charge in [0.05, 0.1) is 11.4 Å². The van der Waals surface area contributed by atoms with Crippen molar-refractivity contribution in [3.63, 3.8) is 0 Å². The van der Waals surface area contributed by atoms with Crippen LogP contribution in [-0.4, -0.2) is 16.5 Å².